The Kier molecular flexibility index (Phi) is 6.30. The van der Waals surface area contributed by atoms with Crippen molar-refractivity contribution in [1.82, 2.24) is 4.57 Å². The van der Waals surface area contributed by atoms with E-state index in [1.165, 1.54) is 11.3 Å². The number of nitrogens with zero attached hydrogens (tertiary/aromatic N) is 2. The molecule has 0 spiro atoms. The summed E-state index contributed by atoms with van der Waals surface area (Å²) in [5, 5.41) is 1.03. The van der Waals surface area contributed by atoms with E-state index in [2.05, 4.69) is 10.9 Å². The van der Waals surface area contributed by atoms with Crippen LogP contribution in [-0.4, -0.2) is 24.7 Å². The molecule has 0 unspecified atom stereocenters. The smallest absolute Gasteiger partial charge is 0.252 e. The van der Waals surface area contributed by atoms with Crippen LogP contribution < -0.4 is 14.3 Å². The maximum absolute atomic E-state index is 12.6. The maximum Gasteiger partial charge on any atom is 0.252 e. The molecule has 0 atom stereocenters. The molecule has 2 aromatic carbocycles. The quantitative estimate of drug-likeness (QED) is 0.561. The van der Waals surface area contributed by atoms with Gasteiger partial charge in [-0.15, -0.1) is 6.42 Å². The minimum Gasteiger partial charge on any atom is -0.493 e. The number of rotatable bonds is 5. The SMILES string of the molecule is C#CCn1c(=NC(=O)Cc2ccc(OC)c(OC)c2)sc2c(Cl)ccc(Cl)c21. The first kappa shape index (κ1) is 20.3. The number of carbonyl (C=O) groups is 1. The molecule has 0 aliphatic carbocycles. The molecule has 1 aromatic heterocycles. The molecule has 0 N–H and O–H groups in total. The fourth-order valence-corrected chi connectivity index (χ4v) is 4.41. The van der Waals surface area contributed by atoms with E-state index in [0.717, 1.165) is 10.3 Å². The van der Waals surface area contributed by atoms with Crippen molar-refractivity contribution in [2.45, 2.75) is 13.0 Å². The number of fused-ring (bicyclic) bond motifs is 1. The molecular weight excluding hydrogens is 419 g/mol. The minimum atomic E-state index is -0.322. The lowest BCUT2D eigenvalue weighted by molar-refractivity contribution is -0.117. The summed E-state index contributed by atoms with van der Waals surface area (Å²) in [6, 6.07) is 8.70. The van der Waals surface area contributed by atoms with Crippen LogP contribution in [0, 0.1) is 12.3 Å². The van der Waals surface area contributed by atoms with Gasteiger partial charge in [0.1, 0.15) is 0 Å². The summed E-state index contributed by atoms with van der Waals surface area (Å²) in [6.45, 7) is 0.225. The molecule has 0 saturated heterocycles. The fraction of sp³-hybridized carbons (Fsp3) is 0.200. The average Bonchev–Trinajstić information content (AvgIpc) is 3.04. The van der Waals surface area contributed by atoms with Crippen molar-refractivity contribution in [2.24, 2.45) is 4.99 Å². The van der Waals surface area contributed by atoms with Crippen molar-refractivity contribution in [3.05, 3.63) is 50.7 Å². The van der Waals surface area contributed by atoms with Gasteiger partial charge in [-0.2, -0.15) is 4.99 Å². The number of methoxy groups -OCH3 is 2. The Morgan fingerprint density at radius 1 is 1.18 bits per heavy atom. The molecule has 5 nitrogen and oxygen atoms in total. The third kappa shape index (κ3) is 4.02. The molecule has 3 rings (SSSR count). The second-order valence-corrected chi connectivity index (χ2v) is 7.55. The number of carbonyl (C=O) groups excluding carboxylic acids is 1. The zero-order valence-corrected chi connectivity index (χ0v) is 17.5. The Morgan fingerprint density at radius 2 is 1.89 bits per heavy atom. The highest BCUT2D eigenvalue weighted by Crippen LogP contribution is 2.32. The molecule has 0 aliphatic rings. The number of amides is 1. The van der Waals surface area contributed by atoms with Crippen LogP contribution in [0.4, 0.5) is 0 Å². The van der Waals surface area contributed by atoms with Gasteiger partial charge in [-0.1, -0.05) is 46.5 Å². The van der Waals surface area contributed by atoms with E-state index < -0.39 is 0 Å². The molecule has 1 amide bonds. The summed E-state index contributed by atoms with van der Waals surface area (Å²) in [6.07, 6.45) is 5.59. The van der Waals surface area contributed by atoms with Crippen molar-refractivity contribution >= 4 is 50.7 Å². The van der Waals surface area contributed by atoms with Gasteiger partial charge in [0.2, 0.25) is 0 Å². The van der Waals surface area contributed by atoms with E-state index in [4.69, 9.17) is 39.1 Å². The van der Waals surface area contributed by atoms with Gasteiger partial charge in [0.15, 0.2) is 16.3 Å². The summed E-state index contributed by atoms with van der Waals surface area (Å²) in [5.74, 6) is 3.39. The summed E-state index contributed by atoms with van der Waals surface area (Å²) in [4.78, 5) is 17.3. The van der Waals surface area contributed by atoms with Crippen molar-refractivity contribution in [3.63, 3.8) is 0 Å². The van der Waals surface area contributed by atoms with Gasteiger partial charge in [-0.25, -0.2) is 0 Å². The van der Waals surface area contributed by atoms with E-state index in [1.807, 2.05) is 0 Å². The number of aromatic nitrogens is 1. The number of ether oxygens (including phenoxy) is 2. The van der Waals surface area contributed by atoms with Gasteiger partial charge < -0.3 is 14.0 Å². The molecule has 1 heterocycles. The third-order valence-corrected chi connectivity index (χ3v) is 5.85. The van der Waals surface area contributed by atoms with Gasteiger partial charge >= 0.3 is 0 Å². The highest BCUT2D eigenvalue weighted by Gasteiger charge is 2.14. The summed E-state index contributed by atoms with van der Waals surface area (Å²) in [5.41, 5.74) is 1.43. The highest BCUT2D eigenvalue weighted by molar-refractivity contribution is 7.17. The Bertz CT molecular complexity index is 1160. The molecule has 28 heavy (non-hydrogen) atoms. The molecule has 0 saturated carbocycles. The first-order chi connectivity index (χ1) is 13.5. The second-order valence-electron chi connectivity index (χ2n) is 5.75. The summed E-state index contributed by atoms with van der Waals surface area (Å²) in [7, 11) is 3.10. The van der Waals surface area contributed by atoms with Gasteiger partial charge in [-0.3, -0.25) is 4.79 Å². The van der Waals surface area contributed by atoms with Crippen molar-refractivity contribution in [2.75, 3.05) is 14.2 Å². The first-order valence-electron chi connectivity index (χ1n) is 8.17. The topological polar surface area (TPSA) is 52.8 Å². The standard InChI is InChI=1S/C20H16Cl2N2O3S/c1-4-9-24-18-13(21)6-7-14(22)19(18)28-20(24)23-17(25)11-12-5-8-15(26-2)16(10-12)27-3/h1,5-8,10H,9,11H2,2-3H3. The number of terminal acetylenes is 1. The number of halogens is 2. The molecule has 8 heteroatoms. The van der Waals surface area contributed by atoms with Gasteiger partial charge in [-0.05, 0) is 29.8 Å². The summed E-state index contributed by atoms with van der Waals surface area (Å²) < 4.78 is 12.9. The normalized spacial score (nSPS) is 11.5. The fourth-order valence-electron chi connectivity index (χ4n) is 2.75. The van der Waals surface area contributed by atoms with Crippen molar-refractivity contribution in [3.8, 4) is 23.8 Å². The van der Waals surface area contributed by atoms with Crippen LogP contribution in [-0.2, 0) is 17.8 Å². The number of thiazole rings is 1. The average molecular weight is 435 g/mol. The molecule has 0 bridgehead atoms. The number of hydrogen-bond donors (Lipinski definition) is 0. The predicted octanol–water partition coefficient (Wildman–Crippen LogP) is 4.33. The van der Waals surface area contributed by atoms with E-state index in [-0.39, 0.29) is 18.9 Å². The number of benzene rings is 2. The molecule has 0 fully saturated rings. The molecule has 0 radical (unpaired) electrons. The van der Waals surface area contributed by atoms with E-state index >= 15 is 0 Å². The highest BCUT2D eigenvalue weighted by atomic mass is 35.5. The van der Waals surface area contributed by atoms with Crippen LogP contribution in [0.5, 0.6) is 11.5 Å². The largest absolute Gasteiger partial charge is 0.493 e. The van der Waals surface area contributed by atoms with Crippen molar-refractivity contribution < 1.29 is 14.3 Å². The summed E-state index contributed by atoms with van der Waals surface area (Å²) >= 11 is 13.9. The van der Waals surface area contributed by atoms with Crippen LogP contribution in [0.3, 0.4) is 0 Å². The van der Waals surface area contributed by atoms with E-state index in [9.17, 15) is 4.79 Å². The van der Waals surface area contributed by atoms with Crippen molar-refractivity contribution in [1.29, 1.82) is 0 Å². The Morgan fingerprint density at radius 3 is 2.57 bits per heavy atom. The minimum absolute atomic E-state index is 0.103. The zero-order chi connectivity index (χ0) is 20.3. The van der Waals surface area contributed by atoms with E-state index in [0.29, 0.717) is 31.9 Å². The maximum atomic E-state index is 12.6. The third-order valence-electron chi connectivity index (χ3n) is 4.00. The van der Waals surface area contributed by atoms with Crippen LogP contribution in [0.1, 0.15) is 5.56 Å². The van der Waals surface area contributed by atoms with Gasteiger partial charge in [0.25, 0.3) is 5.91 Å². The Labute approximate surface area is 176 Å². The monoisotopic (exact) mass is 434 g/mol. The van der Waals surface area contributed by atoms with Gasteiger partial charge in [0, 0.05) is 0 Å². The molecule has 3 aromatic rings. The lowest BCUT2D eigenvalue weighted by Gasteiger charge is -2.08. The van der Waals surface area contributed by atoms with Crippen LogP contribution in [0.25, 0.3) is 10.2 Å². The van der Waals surface area contributed by atoms with Crippen LogP contribution in [0.2, 0.25) is 10.0 Å². The number of hydrogen-bond acceptors (Lipinski definition) is 4. The lowest BCUT2D eigenvalue weighted by atomic mass is 10.1. The molecule has 144 valence electrons. The van der Waals surface area contributed by atoms with Crippen LogP contribution in [0.15, 0.2) is 35.3 Å². The zero-order valence-electron chi connectivity index (χ0n) is 15.2. The Hall–Kier alpha value is -2.46. The molecular formula is C20H16Cl2N2O3S. The molecule has 0 aliphatic heterocycles. The predicted molar refractivity (Wildman–Crippen MR) is 112 cm³/mol. The van der Waals surface area contributed by atoms with Gasteiger partial charge in [0.05, 0.1) is 47.4 Å². The Balaban J connectivity index is 2.01. The first-order valence-corrected chi connectivity index (χ1v) is 9.75. The lowest BCUT2D eigenvalue weighted by Crippen LogP contribution is -2.17. The van der Waals surface area contributed by atoms with E-state index in [1.54, 1.807) is 49.1 Å². The second kappa shape index (κ2) is 8.70. The van der Waals surface area contributed by atoms with Crippen LogP contribution >= 0.6 is 34.5 Å².